The molecule has 3 N–H and O–H groups in total. The van der Waals surface area contributed by atoms with Crippen LogP contribution in [0.4, 0.5) is 23.7 Å². The maximum atomic E-state index is 12.7. The molecule has 9 heteroatoms. The number of carbonyl (C=O) groups is 2. The van der Waals surface area contributed by atoms with E-state index in [-0.39, 0.29) is 23.0 Å². The Morgan fingerprint density at radius 3 is 2.46 bits per heavy atom. The second-order valence-electron chi connectivity index (χ2n) is 5.28. The van der Waals surface area contributed by atoms with Crippen molar-refractivity contribution in [3.63, 3.8) is 0 Å². The van der Waals surface area contributed by atoms with Crippen molar-refractivity contribution in [2.24, 2.45) is 0 Å². The van der Waals surface area contributed by atoms with Crippen LogP contribution in [0.2, 0.25) is 5.02 Å². The average Bonchev–Trinajstić information content (AvgIpc) is 2.59. The SMILES string of the molecule is CNC(=O)c1ccc(NC(=O)NCc2cccc(C(F)(F)F)c2)cc1Cl. The van der Waals surface area contributed by atoms with Crippen molar-refractivity contribution in [1.29, 1.82) is 0 Å². The first-order valence-electron chi connectivity index (χ1n) is 7.43. The molecule has 0 heterocycles. The topological polar surface area (TPSA) is 70.2 Å². The summed E-state index contributed by atoms with van der Waals surface area (Å²) in [7, 11) is 1.46. The molecule has 5 nitrogen and oxygen atoms in total. The summed E-state index contributed by atoms with van der Waals surface area (Å²) >= 11 is 5.98. The van der Waals surface area contributed by atoms with E-state index in [0.29, 0.717) is 11.3 Å². The Balaban J connectivity index is 1.97. The van der Waals surface area contributed by atoms with Gasteiger partial charge in [0, 0.05) is 19.3 Å². The number of hydrogen-bond acceptors (Lipinski definition) is 2. The van der Waals surface area contributed by atoms with Crippen LogP contribution in [-0.2, 0) is 12.7 Å². The zero-order chi connectivity index (χ0) is 19.3. The molecule has 26 heavy (non-hydrogen) atoms. The zero-order valence-corrected chi connectivity index (χ0v) is 14.3. The summed E-state index contributed by atoms with van der Waals surface area (Å²) in [5, 5.41) is 7.53. The average molecular weight is 386 g/mol. The Labute approximate surface area is 152 Å². The lowest BCUT2D eigenvalue weighted by atomic mass is 10.1. The Hall–Kier alpha value is -2.74. The van der Waals surface area contributed by atoms with Crippen molar-refractivity contribution in [3.8, 4) is 0 Å². The fourth-order valence-electron chi connectivity index (χ4n) is 2.13. The van der Waals surface area contributed by atoms with Crippen LogP contribution in [0.25, 0.3) is 0 Å². The van der Waals surface area contributed by atoms with Gasteiger partial charge in [0.1, 0.15) is 0 Å². The van der Waals surface area contributed by atoms with Crippen molar-refractivity contribution < 1.29 is 22.8 Å². The third kappa shape index (κ3) is 5.13. The number of alkyl halides is 3. The lowest BCUT2D eigenvalue weighted by Gasteiger charge is -2.11. The quantitative estimate of drug-likeness (QED) is 0.743. The van der Waals surface area contributed by atoms with Gasteiger partial charge in [0.15, 0.2) is 0 Å². The van der Waals surface area contributed by atoms with Crippen LogP contribution in [-0.4, -0.2) is 19.0 Å². The molecule has 138 valence electrons. The molecule has 0 spiro atoms. The molecule has 0 atom stereocenters. The third-order valence-electron chi connectivity index (χ3n) is 3.41. The highest BCUT2D eigenvalue weighted by atomic mass is 35.5. The summed E-state index contributed by atoms with van der Waals surface area (Å²) in [6.45, 7) is -0.0835. The van der Waals surface area contributed by atoms with E-state index in [1.807, 2.05) is 0 Å². The van der Waals surface area contributed by atoms with E-state index in [4.69, 9.17) is 11.6 Å². The second-order valence-corrected chi connectivity index (χ2v) is 5.69. The van der Waals surface area contributed by atoms with Crippen molar-refractivity contribution in [2.45, 2.75) is 12.7 Å². The minimum atomic E-state index is -4.44. The summed E-state index contributed by atoms with van der Waals surface area (Å²) in [6.07, 6.45) is -4.44. The van der Waals surface area contributed by atoms with E-state index in [0.717, 1.165) is 12.1 Å². The summed E-state index contributed by atoms with van der Waals surface area (Å²) in [5.74, 6) is -0.365. The van der Waals surface area contributed by atoms with E-state index in [9.17, 15) is 22.8 Å². The van der Waals surface area contributed by atoms with Crippen molar-refractivity contribution in [2.75, 3.05) is 12.4 Å². The van der Waals surface area contributed by atoms with E-state index in [1.54, 1.807) is 0 Å². The molecule has 0 fully saturated rings. The Bertz CT molecular complexity index is 825. The second kappa shape index (κ2) is 8.09. The summed E-state index contributed by atoms with van der Waals surface area (Å²) < 4.78 is 38.0. The first kappa shape index (κ1) is 19.6. The molecule has 0 radical (unpaired) electrons. The first-order valence-corrected chi connectivity index (χ1v) is 7.81. The van der Waals surface area contributed by atoms with Gasteiger partial charge in [-0.2, -0.15) is 13.2 Å². The van der Waals surface area contributed by atoms with Gasteiger partial charge in [0.2, 0.25) is 0 Å². The van der Waals surface area contributed by atoms with Gasteiger partial charge < -0.3 is 16.0 Å². The monoisotopic (exact) mass is 385 g/mol. The number of anilines is 1. The van der Waals surface area contributed by atoms with Crippen molar-refractivity contribution in [1.82, 2.24) is 10.6 Å². The van der Waals surface area contributed by atoms with Gasteiger partial charge in [0.25, 0.3) is 5.91 Å². The maximum absolute atomic E-state index is 12.7. The van der Waals surface area contributed by atoms with Crippen LogP contribution in [0.15, 0.2) is 42.5 Å². The van der Waals surface area contributed by atoms with Gasteiger partial charge in [-0.05, 0) is 35.9 Å². The summed E-state index contributed by atoms with van der Waals surface area (Å²) in [4.78, 5) is 23.4. The fourth-order valence-corrected chi connectivity index (χ4v) is 2.39. The number of rotatable bonds is 4. The molecular weight excluding hydrogens is 371 g/mol. The molecule has 3 amide bonds. The lowest BCUT2D eigenvalue weighted by Crippen LogP contribution is -2.28. The van der Waals surface area contributed by atoms with Gasteiger partial charge in [0.05, 0.1) is 16.1 Å². The number of halogens is 4. The molecule has 2 rings (SSSR count). The highest BCUT2D eigenvalue weighted by Gasteiger charge is 2.30. The van der Waals surface area contributed by atoms with Gasteiger partial charge in [-0.25, -0.2) is 4.79 Å². The van der Waals surface area contributed by atoms with Gasteiger partial charge in [-0.1, -0.05) is 23.7 Å². The molecule has 2 aromatic rings. The van der Waals surface area contributed by atoms with E-state index in [1.165, 1.54) is 37.4 Å². The number of hydrogen-bond donors (Lipinski definition) is 3. The van der Waals surface area contributed by atoms with Crippen LogP contribution >= 0.6 is 11.6 Å². The predicted molar refractivity (Wildman–Crippen MR) is 92.1 cm³/mol. The standard InChI is InChI=1S/C17H15ClF3N3O2/c1-22-15(25)13-6-5-12(8-14(13)18)24-16(26)23-9-10-3-2-4-11(7-10)17(19,20)21/h2-8H,9H2,1H3,(H,22,25)(H2,23,24,26). The number of benzene rings is 2. The first-order chi connectivity index (χ1) is 12.2. The Morgan fingerprint density at radius 1 is 1.12 bits per heavy atom. The highest BCUT2D eigenvalue weighted by Crippen LogP contribution is 2.29. The van der Waals surface area contributed by atoms with Crippen LogP contribution in [0.1, 0.15) is 21.5 Å². The van der Waals surface area contributed by atoms with Crippen LogP contribution in [0.3, 0.4) is 0 Å². The molecule has 0 unspecified atom stereocenters. The lowest BCUT2D eigenvalue weighted by molar-refractivity contribution is -0.137. The van der Waals surface area contributed by atoms with Crippen molar-refractivity contribution >= 4 is 29.2 Å². The Morgan fingerprint density at radius 2 is 1.85 bits per heavy atom. The zero-order valence-electron chi connectivity index (χ0n) is 13.6. The predicted octanol–water partition coefficient (Wildman–Crippen LogP) is 4.04. The molecule has 2 aromatic carbocycles. The van der Waals surface area contributed by atoms with E-state index in [2.05, 4.69) is 16.0 Å². The normalized spacial score (nSPS) is 11.0. The summed E-state index contributed by atoms with van der Waals surface area (Å²) in [5.41, 5.74) is 0.116. The fraction of sp³-hybridized carbons (Fsp3) is 0.176. The van der Waals surface area contributed by atoms with Gasteiger partial charge in [-0.3, -0.25) is 4.79 Å². The highest BCUT2D eigenvalue weighted by molar-refractivity contribution is 6.34. The molecule has 0 saturated carbocycles. The number of carbonyl (C=O) groups excluding carboxylic acids is 2. The van der Waals surface area contributed by atoms with Gasteiger partial charge >= 0.3 is 12.2 Å². The minimum absolute atomic E-state index is 0.0835. The van der Waals surface area contributed by atoms with Crippen LogP contribution < -0.4 is 16.0 Å². The number of urea groups is 1. The largest absolute Gasteiger partial charge is 0.416 e. The van der Waals surface area contributed by atoms with Gasteiger partial charge in [-0.15, -0.1) is 0 Å². The van der Waals surface area contributed by atoms with Crippen LogP contribution in [0.5, 0.6) is 0 Å². The number of amides is 3. The van der Waals surface area contributed by atoms with Crippen LogP contribution in [0, 0.1) is 0 Å². The minimum Gasteiger partial charge on any atom is -0.355 e. The van der Waals surface area contributed by atoms with E-state index >= 15 is 0 Å². The Kier molecular flexibility index (Phi) is 6.10. The molecule has 0 saturated heterocycles. The maximum Gasteiger partial charge on any atom is 0.416 e. The molecule has 0 aliphatic rings. The van der Waals surface area contributed by atoms with E-state index < -0.39 is 17.8 Å². The molecule has 0 aliphatic carbocycles. The third-order valence-corrected chi connectivity index (χ3v) is 3.72. The number of nitrogens with one attached hydrogen (secondary N) is 3. The van der Waals surface area contributed by atoms with Crippen molar-refractivity contribution in [3.05, 3.63) is 64.2 Å². The molecule has 0 aromatic heterocycles. The molecule has 0 bridgehead atoms. The summed E-state index contributed by atoms with van der Waals surface area (Å²) in [6, 6.07) is 8.39. The molecular formula is C17H15ClF3N3O2. The smallest absolute Gasteiger partial charge is 0.355 e. The molecule has 0 aliphatic heterocycles.